The van der Waals surface area contributed by atoms with Crippen molar-refractivity contribution in [2.75, 3.05) is 13.1 Å². The van der Waals surface area contributed by atoms with E-state index in [0.717, 1.165) is 55.2 Å². The number of hydrogen-bond donors (Lipinski definition) is 0. The Bertz CT molecular complexity index is 805. The quantitative estimate of drug-likeness (QED) is 0.813. The molecule has 0 aliphatic carbocycles. The third kappa shape index (κ3) is 3.20. The molecule has 1 aliphatic rings. The Morgan fingerprint density at radius 1 is 1.12 bits per heavy atom. The number of rotatable bonds is 4. The number of aromatic nitrogens is 1. The van der Waals surface area contributed by atoms with Gasteiger partial charge in [0.1, 0.15) is 5.69 Å². The van der Waals surface area contributed by atoms with Crippen molar-refractivity contribution < 1.29 is 13.6 Å². The summed E-state index contributed by atoms with van der Waals surface area (Å²) < 4.78 is 28.7. The van der Waals surface area contributed by atoms with Gasteiger partial charge in [-0.2, -0.15) is 0 Å². The Labute approximate surface area is 147 Å². The van der Waals surface area contributed by atoms with Crippen molar-refractivity contribution in [1.29, 1.82) is 0 Å². The zero-order valence-corrected chi connectivity index (χ0v) is 15.0. The molecule has 1 saturated heterocycles. The molecule has 1 aliphatic heterocycles. The van der Waals surface area contributed by atoms with Crippen molar-refractivity contribution in [3.63, 3.8) is 0 Å². The van der Waals surface area contributed by atoms with Gasteiger partial charge in [0.05, 0.1) is 0 Å². The van der Waals surface area contributed by atoms with Crippen molar-refractivity contribution in [2.24, 2.45) is 0 Å². The lowest BCUT2D eigenvalue weighted by molar-refractivity contribution is 0.0781. The molecular formula is C20H24F2N2O. The van der Waals surface area contributed by atoms with Gasteiger partial charge >= 0.3 is 0 Å². The molecule has 1 aromatic carbocycles. The number of halogens is 2. The number of carbonyl (C=O) groups is 1. The van der Waals surface area contributed by atoms with Gasteiger partial charge in [-0.05, 0) is 61.9 Å². The van der Waals surface area contributed by atoms with Crippen molar-refractivity contribution in [2.45, 2.75) is 46.6 Å². The number of amides is 1. The van der Waals surface area contributed by atoms with Crippen LogP contribution in [0.3, 0.4) is 0 Å². The van der Waals surface area contributed by atoms with Crippen molar-refractivity contribution >= 4 is 5.91 Å². The summed E-state index contributed by atoms with van der Waals surface area (Å²) in [6.45, 7) is 7.98. The standard InChI is InChI=1S/C20H24F2N2O/c1-4-16-13(2)19(20(25)23-9-5-6-10-23)24(14(16)3)12-15-7-8-17(21)18(22)11-15/h7-8,11H,4-6,9-10,12H2,1-3H3. The number of likely N-dealkylation sites (tertiary alicyclic amines) is 1. The van der Waals surface area contributed by atoms with Gasteiger partial charge < -0.3 is 9.47 Å². The molecule has 2 heterocycles. The maximum Gasteiger partial charge on any atom is 0.270 e. The summed E-state index contributed by atoms with van der Waals surface area (Å²) in [5.41, 5.74) is 4.51. The van der Waals surface area contributed by atoms with E-state index in [9.17, 15) is 13.6 Å². The fourth-order valence-electron chi connectivity index (χ4n) is 3.83. The van der Waals surface area contributed by atoms with Gasteiger partial charge in [0.25, 0.3) is 5.91 Å². The molecule has 3 nitrogen and oxygen atoms in total. The van der Waals surface area contributed by atoms with Crippen molar-refractivity contribution in [3.05, 3.63) is 57.9 Å². The molecule has 1 fully saturated rings. The van der Waals surface area contributed by atoms with Gasteiger partial charge in [-0.1, -0.05) is 13.0 Å². The molecule has 0 atom stereocenters. The Balaban J connectivity index is 2.04. The molecule has 25 heavy (non-hydrogen) atoms. The van der Waals surface area contributed by atoms with Crippen LogP contribution in [0.5, 0.6) is 0 Å². The van der Waals surface area contributed by atoms with Crippen LogP contribution in [0.25, 0.3) is 0 Å². The molecule has 0 radical (unpaired) electrons. The largest absolute Gasteiger partial charge is 0.337 e. The summed E-state index contributed by atoms with van der Waals surface area (Å²) in [7, 11) is 0. The second-order valence-corrected chi connectivity index (χ2v) is 6.73. The van der Waals surface area contributed by atoms with Crippen LogP contribution in [0, 0.1) is 25.5 Å². The van der Waals surface area contributed by atoms with E-state index in [4.69, 9.17) is 0 Å². The summed E-state index contributed by atoms with van der Waals surface area (Å²) >= 11 is 0. The molecule has 0 N–H and O–H groups in total. The molecular weight excluding hydrogens is 322 g/mol. The van der Waals surface area contributed by atoms with Crippen LogP contribution in [0.4, 0.5) is 8.78 Å². The molecule has 0 unspecified atom stereocenters. The monoisotopic (exact) mass is 346 g/mol. The van der Waals surface area contributed by atoms with Crippen LogP contribution in [-0.4, -0.2) is 28.5 Å². The highest BCUT2D eigenvalue weighted by atomic mass is 19.2. The van der Waals surface area contributed by atoms with Crippen molar-refractivity contribution in [3.8, 4) is 0 Å². The zero-order valence-electron chi connectivity index (χ0n) is 15.0. The fraction of sp³-hybridized carbons (Fsp3) is 0.450. The first-order chi connectivity index (χ1) is 11.9. The highest BCUT2D eigenvalue weighted by Gasteiger charge is 2.27. The van der Waals surface area contributed by atoms with E-state index in [2.05, 4.69) is 6.92 Å². The van der Waals surface area contributed by atoms with Gasteiger partial charge in [0.2, 0.25) is 0 Å². The van der Waals surface area contributed by atoms with E-state index in [-0.39, 0.29) is 5.91 Å². The summed E-state index contributed by atoms with van der Waals surface area (Å²) in [6, 6.07) is 3.92. The molecule has 134 valence electrons. The number of hydrogen-bond acceptors (Lipinski definition) is 1. The van der Waals surface area contributed by atoms with Crippen LogP contribution in [-0.2, 0) is 13.0 Å². The van der Waals surface area contributed by atoms with E-state index < -0.39 is 11.6 Å². The topological polar surface area (TPSA) is 25.2 Å². The van der Waals surface area contributed by atoms with Crippen LogP contribution in [0.2, 0.25) is 0 Å². The summed E-state index contributed by atoms with van der Waals surface area (Å²) in [6.07, 6.45) is 2.91. The van der Waals surface area contributed by atoms with Crippen LogP contribution < -0.4 is 0 Å². The minimum absolute atomic E-state index is 0.0420. The molecule has 1 aromatic heterocycles. The molecule has 0 bridgehead atoms. The van der Waals surface area contributed by atoms with Crippen LogP contribution >= 0.6 is 0 Å². The van der Waals surface area contributed by atoms with E-state index in [1.165, 1.54) is 6.07 Å². The maximum absolute atomic E-state index is 13.6. The highest BCUT2D eigenvalue weighted by molar-refractivity contribution is 5.95. The third-order valence-corrected chi connectivity index (χ3v) is 5.19. The second-order valence-electron chi connectivity index (χ2n) is 6.73. The van der Waals surface area contributed by atoms with Gasteiger partial charge in [-0.15, -0.1) is 0 Å². The first-order valence-electron chi connectivity index (χ1n) is 8.85. The first-order valence-corrected chi connectivity index (χ1v) is 8.85. The average Bonchev–Trinajstić information content (AvgIpc) is 3.19. The lowest BCUT2D eigenvalue weighted by atomic mass is 10.1. The smallest absolute Gasteiger partial charge is 0.270 e. The highest BCUT2D eigenvalue weighted by Crippen LogP contribution is 2.26. The van der Waals surface area contributed by atoms with Gasteiger partial charge in [0.15, 0.2) is 11.6 Å². The summed E-state index contributed by atoms with van der Waals surface area (Å²) in [5, 5.41) is 0. The van der Waals surface area contributed by atoms with Gasteiger partial charge in [-0.25, -0.2) is 8.78 Å². The Kier molecular flexibility index (Phi) is 4.93. The van der Waals surface area contributed by atoms with E-state index >= 15 is 0 Å². The zero-order chi connectivity index (χ0) is 18.1. The second kappa shape index (κ2) is 6.98. The predicted molar refractivity (Wildman–Crippen MR) is 93.9 cm³/mol. The fourth-order valence-corrected chi connectivity index (χ4v) is 3.83. The molecule has 2 aromatic rings. The van der Waals surface area contributed by atoms with Crippen molar-refractivity contribution in [1.82, 2.24) is 9.47 Å². The van der Waals surface area contributed by atoms with E-state index in [0.29, 0.717) is 17.8 Å². The number of benzene rings is 1. The van der Waals surface area contributed by atoms with E-state index in [1.54, 1.807) is 6.07 Å². The summed E-state index contributed by atoms with van der Waals surface area (Å²) in [5.74, 6) is -1.67. The predicted octanol–water partition coefficient (Wildman–Crippen LogP) is 4.23. The van der Waals surface area contributed by atoms with E-state index in [1.807, 2.05) is 23.3 Å². The Morgan fingerprint density at radius 3 is 2.40 bits per heavy atom. The average molecular weight is 346 g/mol. The number of carbonyl (C=O) groups excluding carboxylic acids is 1. The normalized spacial score (nSPS) is 14.4. The molecule has 3 rings (SSSR count). The number of nitrogens with zero attached hydrogens (tertiary/aromatic N) is 2. The molecule has 5 heteroatoms. The summed E-state index contributed by atoms with van der Waals surface area (Å²) in [4.78, 5) is 14.9. The lowest BCUT2D eigenvalue weighted by Crippen LogP contribution is -2.30. The lowest BCUT2D eigenvalue weighted by Gasteiger charge is -2.19. The van der Waals surface area contributed by atoms with Gasteiger partial charge in [0, 0.05) is 25.3 Å². The molecule has 1 amide bonds. The third-order valence-electron chi connectivity index (χ3n) is 5.19. The first kappa shape index (κ1) is 17.6. The van der Waals surface area contributed by atoms with Gasteiger partial charge in [-0.3, -0.25) is 4.79 Å². The van der Waals surface area contributed by atoms with Crippen LogP contribution in [0.1, 0.15) is 52.6 Å². The Hall–Kier alpha value is -2.17. The molecule has 0 spiro atoms. The SMILES string of the molecule is CCc1c(C)c(C(=O)N2CCCC2)n(Cc2ccc(F)c(F)c2)c1C. The minimum Gasteiger partial charge on any atom is -0.337 e. The Morgan fingerprint density at radius 2 is 1.80 bits per heavy atom. The van der Waals surface area contributed by atoms with Crippen LogP contribution in [0.15, 0.2) is 18.2 Å². The molecule has 0 saturated carbocycles. The maximum atomic E-state index is 13.6. The minimum atomic E-state index is -0.859.